The second-order valence-electron chi connectivity index (χ2n) is 11.7. The normalized spacial score (nSPS) is 19.0. The molecule has 2 aliphatic heterocycles. The monoisotopic (exact) mass is 628 g/mol. The first-order valence-electron chi connectivity index (χ1n) is 15.8. The largest absolute Gasteiger partial charge is 0.481 e. The summed E-state index contributed by atoms with van der Waals surface area (Å²) < 4.78 is 11.9. The Morgan fingerprint density at radius 2 is 1.60 bits per heavy atom. The van der Waals surface area contributed by atoms with Crippen LogP contribution >= 0.6 is 11.6 Å². The molecule has 1 saturated heterocycles. The second kappa shape index (κ2) is 16.0. The SMILES string of the molecule is CC1=C(C(=O)OCCC(c2ccccc2)c2ccccc2)C(c2cccc(Cl)c2)C(C(=O)O)C(COCCN2CCCCC2)=N1. The fourth-order valence-electron chi connectivity index (χ4n) is 6.47. The van der Waals surface area contributed by atoms with Crippen molar-refractivity contribution in [3.8, 4) is 0 Å². The Kier molecular flexibility index (Phi) is 11.6. The molecule has 0 aromatic heterocycles. The quantitative estimate of drug-likeness (QED) is 0.160. The number of carbonyl (C=O) groups is 2. The Bertz CT molecular complexity index is 1460. The molecule has 2 heterocycles. The number of ether oxygens (including phenoxy) is 2. The van der Waals surface area contributed by atoms with Crippen molar-refractivity contribution in [2.24, 2.45) is 10.9 Å². The van der Waals surface area contributed by atoms with E-state index in [0.717, 1.165) is 30.8 Å². The molecule has 2 aliphatic rings. The number of aliphatic imine (C=N–C) groups is 1. The van der Waals surface area contributed by atoms with Crippen LogP contribution in [0.1, 0.15) is 61.1 Å². The molecule has 0 saturated carbocycles. The third-order valence-corrected chi connectivity index (χ3v) is 8.93. The fourth-order valence-corrected chi connectivity index (χ4v) is 6.67. The number of likely N-dealkylation sites (tertiary alicyclic amines) is 1. The van der Waals surface area contributed by atoms with Gasteiger partial charge in [0.15, 0.2) is 0 Å². The summed E-state index contributed by atoms with van der Waals surface area (Å²) in [6.07, 6.45) is 4.21. The van der Waals surface area contributed by atoms with Crippen LogP contribution < -0.4 is 0 Å². The number of hydrogen-bond donors (Lipinski definition) is 1. The van der Waals surface area contributed by atoms with Crippen molar-refractivity contribution >= 4 is 29.3 Å². The standard InChI is InChI=1S/C37H41ClN2O5/c1-26-33(37(43)45-22-18-31(27-12-5-2-6-13-27)28-14-7-3-8-15-28)34(29-16-11-17-30(38)24-29)35(36(41)42)32(39-26)25-44-23-21-40-19-9-4-10-20-40/h2-3,5-8,11-17,24,31,34-35H,4,9-10,18-23,25H2,1H3,(H,41,42). The highest BCUT2D eigenvalue weighted by Crippen LogP contribution is 2.40. The molecule has 0 spiro atoms. The van der Waals surface area contributed by atoms with Crippen molar-refractivity contribution in [1.29, 1.82) is 0 Å². The Morgan fingerprint density at radius 3 is 2.22 bits per heavy atom. The lowest BCUT2D eigenvalue weighted by Gasteiger charge is -2.32. The lowest BCUT2D eigenvalue weighted by atomic mass is 9.75. The number of rotatable bonds is 13. The Hall–Kier alpha value is -3.78. The molecule has 1 N–H and O–H groups in total. The van der Waals surface area contributed by atoms with Crippen LogP contribution in [-0.2, 0) is 19.1 Å². The zero-order valence-electron chi connectivity index (χ0n) is 25.7. The van der Waals surface area contributed by atoms with Gasteiger partial charge in [-0.2, -0.15) is 0 Å². The molecule has 3 aromatic rings. The van der Waals surface area contributed by atoms with Gasteiger partial charge in [0.1, 0.15) is 5.92 Å². The van der Waals surface area contributed by atoms with E-state index in [-0.39, 0.29) is 24.7 Å². The average Bonchev–Trinajstić information content (AvgIpc) is 3.05. The van der Waals surface area contributed by atoms with E-state index in [1.54, 1.807) is 31.2 Å². The minimum atomic E-state index is -1.11. The molecule has 45 heavy (non-hydrogen) atoms. The third-order valence-electron chi connectivity index (χ3n) is 8.69. The zero-order valence-corrected chi connectivity index (χ0v) is 26.5. The van der Waals surface area contributed by atoms with Gasteiger partial charge in [-0.15, -0.1) is 0 Å². The minimum Gasteiger partial charge on any atom is -0.481 e. The van der Waals surface area contributed by atoms with Crippen molar-refractivity contribution in [3.05, 3.63) is 118 Å². The summed E-state index contributed by atoms with van der Waals surface area (Å²) in [7, 11) is 0. The summed E-state index contributed by atoms with van der Waals surface area (Å²) in [4.78, 5) is 33.7. The number of carboxylic acids is 1. The molecule has 1 fully saturated rings. The first-order valence-corrected chi connectivity index (χ1v) is 16.1. The van der Waals surface area contributed by atoms with E-state index in [1.165, 1.54) is 19.3 Å². The van der Waals surface area contributed by atoms with E-state index >= 15 is 0 Å². The molecular weight excluding hydrogens is 588 g/mol. The van der Waals surface area contributed by atoms with E-state index < -0.39 is 23.8 Å². The van der Waals surface area contributed by atoms with Gasteiger partial charge in [0.05, 0.1) is 31.1 Å². The number of carboxylic acid groups (broad SMARTS) is 1. The number of hydrogen-bond acceptors (Lipinski definition) is 6. The van der Waals surface area contributed by atoms with Crippen LogP contribution in [-0.4, -0.2) is 67.1 Å². The second-order valence-corrected chi connectivity index (χ2v) is 12.1. The van der Waals surface area contributed by atoms with Crippen LogP contribution in [0.3, 0.4) is 0 Å². The minimum absolute atomic E-state index is 0.0313. The van der Waals surface area contributed by atoms with Gasteiger partial charge in [-0.25, -0.2) is 4.79 Å². The van der Waals surface area contributed by atoms with Crippen molar-refractivity contribution in [2.45, 2.75) is 44.4 Å². The van der Waals surface area contributed by atoms with Gasteiger partial charge in [0.25, 0.3) is 0 Å². The predicted octanol–water partition coefficient (Wildman–Crippen LogP) is 7.12. The number of esters is 1. The highest BCUT2D eigenvalue weighted by molar-refractivity contribution is 6.30. The highest BCUT2D eigenvalue weighted by atomic mass is 35.5. The van der Waals surface area contributed by atoms with Crippen LogP contribution in [0.15, 0.2) is 101 Å². The van der Waals surface area contributed by atoms with Crippen molar-refractivity contribution in [2.75, 3.05) is 39.5 Å². The van der Waals surface area contributed by atoms with Gasteiger partial charge >= 0.3 is 11.9 Å². The average molecular weight is 629 g/mol. The summed E-state index contributed by atoms with van der Waals surface area (Å²) in [5, 5.41) is 11.0. The molecule has 5 rings (SSSR count). The van der Waals surface area contributed by atoms with E-state index in [2.05, 4.69) is 34.2 Å². The third kappa shape index (κ3) is 8.48. The van der Waals surface area contributed by atoms with E-state index in [9.17, 15) is 14.7 Å². The summed E-state index contributed by atoms with van der Waals surface area (Å²) in [6, 6.07) is 27.3. The lowest BCUT2D eigenvalue weighted by molar-refractivity contribution is -0.141. The van der Waals surface area contributed by atoms with Gasteiger partial charge in [0.2, 0.25) is 0 Å². The van der Waals surface area contributed by atoms with Crippen molar-refractivity contribution in [3.63, 3.8) is 0 Å². The topological polar surface area (TPSA) is 88.4 Å². The molecule has 2 unspecified atom stereocenters. The van der Waals surface area contributed by atoms with Crippen molar-refractivity contribution in [1.82, 2.24) is 4.90 Å². The maximum atomic E-state index is 13.8. The Balaban J connectivity index is 1.36. The molecule has 3 aromatic carbocycles. The van der Waals surface area contributed by atoms with E-state index in [0.29, 0.717) is 35.0 Å². The summed E-state index contributed by atoms with van der Waals surface area (Å²) in [5.41, 5.74) is 3.93. The fraction of sp³-hybridized carbons (Fsp3) is 0.378. The number of allylic oxidation sites excluding steroid dienone is 1. The molecule has 0 aliphatic carbocycles. The van der Waals surface area contributed by atoms with Gasteiger partial charge in [-0.3, -0.25) is 9.79 Å². The maximum Gasteiger partial charge on any atom is 0.336 e. The Labute approximate surface area is 270 Å². The zero-order chi connectivity index (χ0) is 31.6. The van der Waals surface area contributed by atoms with Crippen molar-refractivity contribution < 1.29 is 24.2 Å². The molecule has 8 heteroatoms. The number of benzene rings is 3. The van der Waals surface area contributed by atoms with Crippen LogP contribution in [0.2, 0.25) is 5.02 Å². The molecule has 0 bridgehead atoms. The van der Waals surface area contributed by atoms with Gasteiger partial charge < -0.3 is 19.5 Å². The van der Waals surface area contributed by atoms with Gasteiger partial charge in [0, 0.05) is 29.1 Å². The molecular formula is C37H41ClN2O5. The summed E-state index contributed by atoms with van der Waals surface area (Å²) in [6.45, 7) is 5.35. The number of carbonyl (C=O) groups excluding carboxylic acids is 1. The molecule has 0 radical (unpaired) electrons. The first-order chi connectivity index (χ1) is 21.9. The summed E-state index contributed by atoms with van der Waals surface area (Å²) in [5.74, 6) is -3.55. The van der Waals surface area contributed by atoms with E-state index in [1.807, 2.05) is 36.4 Å². The van der Waals surface area contributed by atoms with E-state index in [4.69, 9.17) is 21.1 Å². The molecule has 2 atom stereocenters. The molecule has 7 nitrogen and oxygen atoms in total. The molecule has 236 valence electrons. The molecule has 0 amide bonds. The number of piperidine rings is 1. The number of halogens is 1. The number of aliphatic carboxylic acids is 1. The Morgan fingerprint density at radius 1 is 0.933 bits per heavy atom. The van der Waals surface area contributed by atoms with Crippen LogP contribution in [0.4, 0.5) is 0 Å². The summed E-state index contributed by atoms with van der Waals surface area (Å²) >= 11 is 6.36. The number of nitrogens with zero attached hydrogens (tertiary/aromatic N) is 2. The van der Waals surface area contributed by atoms with Gasteiger partial charge in [-0.1, -0.05) is 90.8 Å². The van der Waals surface area contributed by atoms with Gasteiger partial charge in [-0.05, 0) is 68.1 Å². The smallest absolute Gasteiger partial charge is 0.336 e. The van der Waals surface area contributed by atoms with Crippen LogP contribution in [0.5, 0.6) is 0 Å². The van der Waals surface area contributed by atoms with Crippen LogP contribution in [0.25, 0.3) is 0 Å². The maximum absolute atomic E-state index is 13.8. The predicted molar refractivity (Wildman–Crippen MR) is 177 cm³/mol. The highest BCUT2D eigenvalue weighted by Gasteiger charge is 2.43. The first kappa shape index (κ1) is 32.6. The lowest BCUT2D eigenvalue weighted by Crippen LogP contribution is -2.39. The van der Waals surface area contributed by atoms with Crippen LogP contribution in [0, 0.1) is 5.92 Å².